The molecule has 5 rings (SSSR count). The molecule has 1 unspecified atom stereocenters. The van der Waals surface area contributed by atoms with Crippen LogP contribution in [0.15, 0.2) is 42.6 Å². The van der Waals surface area contributed by atoms with Crippen LogP contribution < -0.4 is 4.90 Å². The second kappa shape index (κ2) is 7.26. The Balaban J connectivity index is 1.44. The van der Waals surface area contributed by atoms with Gasteiger partial charge in [0.25, 0.3) is 0 Å². The van der Waals surface area contributed by atoms with Gasteiger partial charge in [-0.1, -0.05) is 23.7 Å². The van der Waals surface area contributed by atoms with Crippen molar-refractivity contribution < 1.29 is 4.39 Å². The molecule has 29 heavy (non-hydrogen) atoms. The van der Waals surface area contributed by atoms with Gasteiger partial charge >= 0.3 is 0 Å². The number of benzene rings is 1. The number of pyridine rings is 1. The minimum absolute atomic E-state index is 0.258. The van der Waals surface area contributed by atoms with Gasteiger partial charge < -0.3 is 9.47 Å². The number of halogens is 2. The number of hydrogen-bond donors (Lipinski definition) is 0. The van der Waals surface area contributed by atoms with Crippen LogP contribution in [0.3, 0.4) is 0 Å². The highest BCUT2D eigenvalue weighted by molar-refractivity contribution is 6.30. The Hall–Kier alpha value is -2.73. The molecule has 0 saturated heterocycles. The van der Waals surface area contributed by atoms with Crippen molar-refractivity contribution in [2.45, 2.75) is 38.3 Å². The summed E-state index contributed by atoms with van der Waals surface area (Å²) in [6.07, 6.45) is 6.25. The maximum atomic E-state index is 14.1. The second-order valence-corrected chi connectivity index (χ2v) is 8.16. The van der Waals surface area contributed by atoms with E-state index in [4.69, 9.17) is 11.6 Å². The number of hydrogen-bond acceptors (Lipinski definition) is 4. The molecule has 0 N–H and O–H groups in total. The van der Waals surface area contributed by atoms with E-state index in [1.165, 1.54) is 11.6 Å². The Morgan fingerprint density at radius 1 is 1.17 bits per heavy atom. The highest BCUT2D eigenvalue weighted by Gasteiger charge is 2.27. The minimum Gasteiger partial charge on any atom is -0.367 e. The van der Waals surface area contributed by atoms with Crippen molar-refractivity contribution in [1.82, 2.24) is 19.7 Å². The fraction of sp³-hybridized carbons (Fsp3) is 0.318. The number of rotatable bonds is 2. The van der Waals surface area contributed by atoms with Crippen molar-refractivity contribution in [2.75, 3.05) is 11.9 Å². The molecular weight excluding hydrogens is 389 g/mol. The molecule has 0 saturated carbocycles. The summed E-state index contributed by atoms with van der Waals surface area (Å²) in [7, 11) is 2.05. The lowest BCUT2D eigenvalue weighted by molar-refractivity contribution is 0.547. The summed E-state index contributed by atoms with van der Waals surface area (Å²) < 4.78 is 16.3. The first-order chi connectivity index (χ1) is 14.1. The van der Waals surface area contributed by atoms with Crippen LogP contribution in [0, 0.1) is 5.82 Å². The fourth-order valence-electron chi connectivity index (χ4n) is 4.34. The van der Waals surface area contributed by atoms with Gasteiger partial charge in [0, 0.05) is 29.9 Å². The van der Waals surface area contributed by atoms with E-state index in [2.05, 4.69) is 43.8 Å². The van der Waals surface area contributed by atoms with Crippen molar-refractivity contribution in [2.24, 2.45) is 0 Å². The van der Waals surface area contributed by atoms with Crippen LogP contribution in [0.25, 0.3) is 5.57 Å². The van der Waals surface area contributed by atoms with E-state index in [1.807, 2.05) is 12.1 Å². The summed E-state index contributed by atoms with van der Waals surface area (Å²) in [4.78, 5) is 6.39. The fourth-order valence-corrected chi connectivity index (χ4v) is 4.51. The third-order valence-electron chi connectivity index (χ3n) is 5.86. The normalized spacial score (nSPS) is 18.7. The van der Waals surface area contributed by atoms with Gasteiger partial charge in [0.05, 0.1) is 13.1 Å². The predicted molar refractivity (Wildman–Crippen MR) is 111 cm³/mol. The molecule has 5 nitrogen and oxygen atoms in total. The van der Waals surface area contributed by atoms with Gasteiger partial charge in [-0.15, -0.1) is 10.2 Å². The van der Waals surface area contributed by atoms with E-state index in [1.54, 1.807) is 12.3 Å². The van der Waals surface area contributed by atoms with E-state index in [0.717, 1.165) is 53.7 Å². The Morgan fingerprint density at radius 3 is 2.86 bits per heavy atom. The molecule has 0 bridgehead atoms. The number of nitrogens with zero attached hydrogens (tertiary/aromatic N) is 5. The van der Waals surface area contributed by atoms with Crippen molar-refractivity contribution in [3.8, 4) is 0 Å². The van der Waals surface area contributed by atoms with Crippen LogP contribution in [0.4, 0.5) is 10.1 Å². The maximum Gasteiger partial charge on any atom is 0.152 e. The summed E-state index contributed by atoms with van der Waals surface area (Å²) in [6.45, 7) is 1.42. The quantitative estimate of drug-likeness (QED) is 0.609. The SMILES string of the molecule is CN1Cc2nnc(C3CC=C(c4ncccc4F)CC3)n2Cc2ccc(Cl)cc21. The molecule has 1 aliphatic heterocycles. The highest BCUT2D eigenvalue weighted by atomic mass is 35.5. The van der Waals surface area contributed by atoms with Crippen molar-refractivity contribution in [3.05, 3.63) is 76.4 Å². The van der Waals surface area contributed by atoms with Crippen molar-refractivity contribution >= 4 is 22.9 Å². The summed E-state index contributed by atoms with van der Waals surface area (Å²) >= 11 is 6.21. The molecule has 0 radical (unpaired) electrons. The van der Waals surface area contributed by atoms with Gasteiger partial charge in [-0.3, -0.25) is 4.98 Å². The van der Waals surface area contributed by atoms with Crippen LogP contribution >= 0.6 is 11.6 Å². The monoisotopic (exact) mass is 409 g/mol. The maximum absolute atomic E-state index is 14.1. The zero-order chi connectivity index (χ0) is 20.0. The Labute approximate surface area is 173 Å². The van der Waals surface area contributed by atoms with Gasteiger partial charge in [0.15, 0.2) is 5.82 Å². The molecule has 0 fully saturated rings. The topological polar surface area (TPSA) is 46.8 Å². The van der Waals surface area contributed by atoms with E-state index >= 15 is 0 Å². The molecular formula is C22H21ClFN5. The van der Waals surface area contributed by atoms with Crippen LogP contribution in [-0.2, 0) is 13.1 Å². The molecule has 2 aliphatic rings. The first kappa shape index (κ1) is 18.3. The average Bonchev–Trinajstić information content (AvgIpc) is 3.05. The molecule has 1 aromatic carbocycles. The Kier molecular flexibility index (Phi) is 4.59. The number of fused-ring (bicyclic) bond motifs is 2. The molecule has 3 heterocycles. The molecule has 0 spiro atoms. The zero-order valence-electron chi connectivity index (χ0n) is 16.1. The average molecular weight is 410 g/mol. The van der Waals surface area contributed by atoms with E-state index in [9.17, 15) is 4.39 Å². The largest absolute Gasteiger partial charge is 0.367 e. The molecule has 0 amide bonds. The van der Waals surface area contributed by atoms with Gasteiger partial charge in [0.2, 0.25) is 0 Å². The zero-order valence-corrected chi connectivity index (χ0v) is 16.9. The second-order valence-electron chi connectivity index (χ2n) is 7.72. The van der Waals surface area contributed by atoms with Gasteiger partial charge in [-0.25, -0.2) is 4.39 Å². The van der Waals surface area contributed by atoms with Crippen LogP contribution in [0.5, 0.6) is 0 Å². The smallest absolute Gasteiger partial charge is 0.152 e. The minimum atomic E-state index is -0.258. The number of allylic oxidation sites excluding steroid dienone is 2. The predicted octanol–water partition coefficient (Wildman–Crippen LogP) is 4.81. The van der Waals surface area contributed by atoms with Gasteiger partial charge in [-0.05, 0) is 54.7 Å². The standard InChI is InChI=1S/C22H21ClFN5/c1-28-13-20-26-27-22(29(20)12-16-8-9-17(23)11-19(16)28)15-6-4-14(5-7-15)21-18(24)3-2-10-25-21/h2-4,8-11,15H,5-7,12-13H2,1H3. The Bertz CT molecular complexity index is 1110. The van der Waals surface area contributed by atoms with Crippen LogP contribution in [0.2, 0.25) is 5.02 Å². The number of aromatic nitrogens is 4. The summed E-state index contributed by atoms with van der Waals surface area (Å²) in [5.41, 5.74) is 3.79. The third-order valence-corrected chi connectivity index (χ3v) is 6.10. The van der Waals surface area contributed by atoms with Gasteiger partial charge in [0.1, 0.15) is 17.3 Å². The summed E-state index contributed by atoms with van der Waals surface area (Å²) in [5.74, 6) is 1.98. The number of anilines is 1. The molecule has 2 aromatic heterocycles. The lowest BCUT2D eigenvalue weighted by Gasteiger charge is -2.22. The lowest BCUT2D eigenvalue weighted by atomic mass is 9.87. The summed E-state index contributed by atoms with van der Waals surface area (Å²) in [5, 5.41) is 9.77. The summed E-state index contributed by atoms with van der Waals surface area (Å²) in [6, 6.07) is 9.11. The van der Waals surface area contributed by atoms with Crippen LogP contribution in [-0.4, -0.2) is 26.8 Å². The molecule has 1 atom stereocenters. The third kappa shape index (κ3) is 3.31. The molecule has 3 aromatic rings. The van der Waals surface area contributed by atoms with Crippen molar-refractivity contribution in [3.63, 3.8) is 0 Å². The molecule has 148 valence electrons. The van der Waals surface area contributed by atoms with Crippen LogP contribution in [0.1, 0.15) is 48.1 Å². The Morgan fingerprint density at radius 2 is 2.07 bits per heavy atom. The van der Waals surface area contributed by atoms with E-state index in [0.29, 0.717) is 12.2 Å². The van der Waals surface area contributed by atoms with Gasteiger partial charge in [-0.2, -0.15) is 0 Å². The lowest BCUT2D eigenvalue weighted by Crippen LogP contribution is -2.17. The first-order valence-corrected chi connectivity index (χ1v) is 10.2. The van der Waals surface area contributed by atoms with Crippen molar-refractivity contribution in [1.29, 1.82) is 0 Å². The van der Waals surface area contributed by atoms with E-state index < -0.39 is 0 Å². The molecule has 1 aliphatic carbocycles. The van der Waals surface area contributed by atoms with E-state index in [-0.39, 0.29) is 11.7 Å². The first-order valence-electron chi connectivity index (χ1n) is 9.81. The molecule has 7 heteroatoms. The highest BCUT2D eigenvalue weighted by Crippen LogP contribution is 2.37.